The van der Waals surface area contributed by atoms with Crippen molar-refractivity contribution >= 4 is 29.0 Å². The molecule has 0 bridgehead atoms. The Labute approximate surface area is 72.0 Å². The minimum atomic E-state index is -0.0374. The maximum Gasteiger partial charge on any atom is 0.0619 e. The summed E-state index contributed by atoms with van der Waals surface area (Å²) in [5.74, 6) is 0.449. The molecule has 0 aliphatic carbocycles. The van der Waals surface area contributed by atoms with Crippen LogP contribution in [0, 0.1) is 5.92 Å². The fraction of sp³-hybridized carbons (Fsp3) is 0.833. The van der Waals surface area contributed by atoms with E-state index >= 15 is 0 Å². The van der Waals surface area contributed by atoms with Crippen molar-refractivity contribution in [2.75, 3.05) is 13.1 Å². The van der Waals surface area contributed by atoms with Gasteiger partial charge in [-0.2, -0.15) is 0 Å². The molecule has 1 aliphatic rings. The van der Waals surface area contributed by atoms with Gasteiger partial charge in [0.2, 0.25) is 0 Å². The smallest absolute Gasteiger partial charge is 0.0619 e. The van der Waals surface area contributed by atoms with Gasteiger partial charge in [0.25, 0.3) is 0 Å². The summed E-state index contributed by atoms with van der Waals surface area (Å²) in [6.45, 7) is 1.80. The number of rotatable bonds is 2. The molecule has 2 N–H and O–H groups in total. The van der Waals surface area contributed by atoms with Crippen molar-refractivity contribution < 1.29 is 0 Å². The second-order valence-corrected chi connectivity index (χ2v) is 3.77. The van der Waals surface area contributed by atoms with E-state index in [1.807, 2.05) is 0 Å². The molecule has 1 radical (unpaired) electrons. The van der Waals surface area contributed by atoms with Gasteiger partial charge < -0.3 is 5.73 Å². The molecule has 0 spiro atoms. The zero-order chi connectivity index (χ0) is 7.56. The number of nitrogens with zero attached hydrogens (tertiary/aromatic N) is 1. The predicted octanol–water partition coefficient (Wildman–Crippen LogP) is 0.195. The molecule has 0 aromatic heterocycles. The quantitative estimate of drug-likeness (QED) is 0.465. The summed E-state index contributed by atoms with van der Waals surface area (Å²) in [4.78, 5) is 0. The molecule has 1 aliphatic heterocycles. The highest BCUT2D eigenvalue weighted by Gasteiger charge is 2.23. The van der Waals surface area contributed by atoms with Gasteiger partial charge in [-0.05, 0) is 12.3 Å². The van der Waals surface area contributed by atoms with Gasteiger partial charge in [-0.25, -0.2) is 5.32 Å². The van der Waals surface area contributed by atoms with E-state index in [0.29, 0.717) is 10.1 Å². The Morgan fingerprint density at radius 2 is 2.50 bits per heavy atom. The number of hydrogen-bond acceptors (Lipinski definition) is 2. The van der Waals surface area contributed by atoms with E-state index in [1.54, 1.807) is 0 Å². The van der Waals surface area contributed by atoms with Gasteiger partial charge in [-0.3, -0.25) is 0 Å². The van der Waals surface area contributed by atoms with E-state index in [1.165, 1.54) is 0 Å². The maximum atomic E-state index is 5.74. The van der Waals surface area contributed by atoms with Gasteiger partial charge in [-0.1, -0.05) is 12.2 Å². The van der Waals surface area contributed by atoms with Crippen LogP contribution in [0.15, 0.2) is 0 Å². The van der Waals surface area contributed by atoms with Crippen LogP contribution < -0.4 is 11.1 Å². The van der Waals surface area contributed by atoms with Crippen molar-refractivity contribution in [2.45, 2.75) is 12.5 Å². The standard InChI is InChI=1S/C6H11N2S2/c7-5(6(9)10)4-1-2-8-3-4/h4-5H,1-3,7H2,(H,9,10). The highest BCUT2D eigenvalue weighted by atomic mass is 32.1. The van der Waals surface area contributed by atoms with Crippen molar-refractivity contribution in [2.24, 2.45) is 11.7 Å². The topological polar surface area (TPSA) is 40.1 Å². The lowest BCUT2D eigenvalue weighted by Gasteiger charge is -2.14. The normalized spacial score (nSPS) is 28.4. The first-order valence-electron chi connectivity index (χ1n) is 3.33. The zero-order valence-corrected chi connectivity index (χ0v) is 7.37. The van der Waals surface area contributed by atoms with Gasteiger partial charge in [0.15, 0.2) is 0 Å². The van der Waals surface area contributed by atoms with Crippen LogP contribution in [0.2, 0.25) is 0 Å². The lowest BCUT2D eigenvalue weighted by atomic mass is 10.0. The Kier molecular flexibility index (Phi) is 3.10. The Balaban J connectivity index is 2.39. The van der Waals surface area contributed by atoms with Gasteiger partial charge >= 0.3 is 0 Å². The van der Waals surface area contributed by atoms with Crippen molar-refractivity contribution in [3.8, 4) is 0 Å². The summed E-state index contributed by atoms with van der Waals surface area (Å²) in [7, 11) is 0. The summed E-state index contributed by atoms with van der Waals surface area (Å²) in [6, 6.07) is -0.0374. The molecule has 1 saturated heterocycles. The fourth-order valence-corrected chi connectivity index (χ4v) is 1.50. The number of thiol groups is 1. The van der Waals surface area contributed by atoms with Crippen LogP contribution in [0.1, 0.15) is 6.42 Å². The highest BCUT2D eigenvalue weighted by Crippen LogP contribution is 2.14. The first kappa shape index (κ1) is 8.46. The molecule has 0 saturated carbocycles. The Hall–Kier alpha value is 0.360. The Bertz CT molecular complexity index is 132. The van der Waals surface area contributed by atoms with E-state index in [-0.39, 0.29) is 6.04 Å². The molecule has 2 unspecified atom stereocenters. The molecule has 1 fully saturated rings. The zero-order valence-electron chi connectivity index (χ0n) is 5.66. The van der Waals surface area contributed by atoms with E-state index in [9.17, 15) is 0 Å². The summed E-state index contributed by atoms with van der Waals surface area (Å²) in [5.41, 5.74) is 5.74. The van der Waals surface area contributed by atoms with Crippen LogP contribution in [0.25, 0.3) is 0 Å². The number of hydrogen-bond donors (Lipinski definition) is 2. The lowest BCUT2D eigenvalue weighted by Crippen LogP contribution is -2.35. The summed E-state index contributed by atoms with van der Waals surface area (Å²) < 4.78 is 0.613. The minimum absolute atomic E-state index is 0.0374. The van der Waals surface area contributed by atoms with Crippen molar-refractivity contribution in [3.63, 3.8) is 0 Å². The average Bonchev–Trinajstić information content (AvgIpc) is 2.36. The Morgan fingerprint density at radius 3 is 2.90 bits per heavy atom. The summed E-state index contributed by atoms with van der Waals surface area (Å²) >= 11 is 8.89. The van der Waals surface area contributed by atoms with Crippen LogP contribution >= 0.6 is 24.8 Å². The molecule has 10 heavy (non-hydrogen) atoms. The third kappa shape index (κ3) is 1.92. The SMILES string of the molecule is NC(C(=S)S)C1CC[N]C1. The Morgan fingerprint density at radius 1 is 1.80 bits per heavy atom. The van der Waals surface area contributed by atoms with Crippen molar-refractivity contribution in [1.82, 2.24) is 5.32 Å². The average molecular weight is 175 g/mol. The minimum Gasteiger partial charge on any atom is -0.323 e. The molecule has 0 aromatic rings. The summed E-state index contributed by atoms with van der Waals surface area (Å²) in [5, 5.41) is 4.19. The molecule has 4 heteroatoms. The summed E-state index contributed by atoms with van der Waals surface area (Å²) in [6.07, 6.45) is 1.07. The molecule has 1 heterocycles. The largest absolute Gasteiger partial charge is 0.323 e. The van der Waals surface area contributed by atoms with Gasteiger partial charge in [0, 0.05) is 19.1 Å². The highest BCUT2D eigenvalue weighted by molar-refractivity contribution is 8.11. The van der Waals surface area contributed by atoms with Crippen molar-refractivity contribution in [1.29, 1.82) is 0 Å². The van der Waals surface area contributed by atoms with E-state index in [2.05, 4.69) is 17.9 Å². The van der Waals surface area contributed by atoms with Crippen LogP contribution in [0.5, 0.6) is 0 Å². The molecule has 0 amide bonds. The van der Waals surface area contributed by atoms with Crippen molar-refractivity contribution in [3.05, 3.63) is 0 Å². The molecule has 2 atom stereocenters. The fourth-order valence-electron chi connectivity index (χ4n) is 1.10. The van der Waals surface area contributed by atoms with Gasteiger partial charge in [0.05, 0.1) is 4.20 Å². The second-order valence-electron chi connectivity index (χ2n) is 2.54. The van der Waals surface area contributed by atoms with Gasteiger partial charge in [-0.15, -0.1) is 12.6 Å². The third-order valence-corrected chi connectivity index (χ3v) is 2.38. The molecular formula is C6H11N2S2. The molecular weight excluding hydrogens is 164 g/mol. The molecule has 57 valence electrons. The van der Waals surface area contributed by atoms with Crippen LogP contribution in [0.3, 0.4) is 0 Å². The second kappa shape index (κ2) is 3.67. The number of thiocarbonyl (C=S) groups is 1. The monoisotopic (exact) mass is 175 g/mol. The maximum absolute atomic E-state index is 5.74. The third-order valence-electron chi connectivity index (χ3n) is 1.81. The van der Waals surface area contributed by atoms with E-state index < -0.39 is 0 Å². The predicted molar refractivity (Wildman–Crippen MR) is 49.5 cm³/mol. The van der Waals surface area contributed by atoms with Crippen LogP contribution in [0.4, 0.5) is 0 Å². The molecule has 2 nitrogen and oxygen atoms in total. The van der Waals surface area contributed by atoms with Crippen LogP contribution in [-0.4, -0.2) is 23.3 Å². The first-order valence-corrected chi connectivity index (χ1v) is 4.19. The van der Waals surface area contributed by atoms with E-state index in [0.717, 1.165) is 19.5 Å². The molecule has 0 aromatic carbocycles. The molecule has 1 rings (SSSR count). The number of nitrogens with two attached hydrogens (primary N) is 1. The lowest BCUT2D eigenvalue weighted by molar-refractivity contribution is 0.545. The first-order chi connectivity index (χ1) is 4.72. The van der Waals surface area contributed by atoms with Gasteiger partial charge in [0.1, 0.15) is 0 Å². The van der Waals surface area contributed by atoms with E-state index in [4.69, 9.17) is 18.0 Å². The van der Waals surface area contributed by atoms with Crippen LogP contribution in [-0.2, 0) is 0 Å².